The van der Waals surface area contributed by atoms with Gasteiger partial charge in [-0.15, -0.1) is 0 Å². The van der Waals surface area contributed by atoms with Crippen molar-refractivity contribution >= 4 is 11.9 Å². The summed E-state index contributed by atoms with van der Waals surface area (Å²) in [5, 5.41) is 12.9. The van der Waals surface area contributed by atoms with E-state index in [9.17, 15) is 14.7 Å². The molecule has 10 atom stereocenters. The van der Waals surface area contributed by atoms with Crippen LogP contribution in [0.3, 0.4) is 0 Å². The van der Waals surface area contributed by atoms with Gasteiger partial charge in [-0.3, -0.25) is 14.9 Å². The molecule has 5 saturated carbocycles. The number of nitrogens with one attached hydrogen (secondary N) is 1. The lowest BCUT2D eigenvalue weighted by molar-refractivity contribution is -0.250. The number of methoxy groups -OCH3 is 1. The summed E-state index contributed by atoms with van der Waals surface area (Å²) in [6.07, 6.45) is 13.7. The fourth-order valence-corrected chi connectivity index (χ4v) is 13.5. The quantitative estimate of drug-likeness (QED) is 0.101. The zero-order valence-corrected chi connectivity index (χ0v) is 30.9. The Morgan fingerprint density at radius 2 is 1.61 bits per heavy atom. The molecule has 6 heteroatoms. The molecule has 0 amide bonds. The number of hydrogen-bond acceptors (Lipinski definition) is 5. The maximum atomic E-state index is 13.2. The van der Waals surface area contributed by atoms with Crippen LogP contribution in [0.25, 0.3) is 0 Å². The van der Waals surface area contributed by atoms with Crippen molar-refractivity contribution in [1.29, 1.82) is 0 Å². The van der Waals surface area contributed by atoms with Gasteiger partial charge in [0, 0.05) is 12.5 Å². The molecular weight excluding hydrogens is 574 g/mol. The minimum atomic E-state index is -0.869. The van der Waals surface area contributed by atoms with Crippen LogP contribution in [0.4, 0.5) is 0 Å². The van der Waals surface area contributed by atoms with Gasteiger partial charge in [0.05, 0.1) is 19.6 Å². The molecule has 0 aromatic carbocycles. The van der Waals surface area contributed by atoms with E-state index in [0.717, 1.165) is 31.2 Å². The van der Waals surface area contributed by atoms with Crippen LogP contribution in [-0.4, -0.2) is 43.5 Å². The molecule has 262 valence electrons. The first-order valence-corrected chi connectivity index (χ1v) is 18.6. The average Bonchev–Trinajstić information content (AvgIpc) is 3.32. The number of fused-ring (bicyclic) bond motifs is 7. The largest absolute Gasteiger partial charge is 0.481 e. The summed E-state index contributed by atoms with van der Waals surface area (Å²) in [6.45, 7) is 25.0. The molecule has 0 spiro atoms. The minimum Gasteiger partial charge on any atom is -0.481 e. The standard InChI is InChI=1S/C40H67NO5/c1-26(2)27-13-18-40(21-22-41-25-45-10)20-19-38(8)28(34(27)40)11-12-30-37(7)16-15-31(36(5,6)29(37)14-17-39(30,38)9)46-33(44)24-35(3,4)23-32(42)43/h27-31,34,41H,1,11-25H2,2-10H3,(H,42,43)/t27?,28-,29?,30?,31?,34?,37+,38-,39-,40-/m1/s1. The van der Waals surface area contributed by atoms with Crippen molar-refractivity contribution in [2.45, 2.75) is 145 Å². The summed E-state index contributed by atoms with van der Waals surface area (Å²) < 4.78 is 11.6. The minimum absolute atomic E-state index is 0.0311. The van der Waals surface area contributed by atoms with Gasteiger partial charge in [0.2, 0.25) is 0 Å². The van der Waals surface area contributed by atoms with E-state index in [1.807, 2.05) is 13.8 Å². The Labute approximate surface area is 280 Å². The fraction of sp³-hybridized carbons (Fsp3) is 0.900. The number of aliphatic carboxylic acids is 1. The highest BCUT2D eigenvalue weighted by atomic mass is 16.5. The number of hydrogen-bond donors (Lipinski definition) is 2. The van der Waals surface area contributed by atoms with E-state index in [1.54, 1.807) is 7.11 Å². The zero-order valence-electron chi connectivity index (χ0n) is 30.9. The van der Waals surface area contributed by atoms with Crippen LogP contribution < -0.4 is 5.32 Å². The van der Waals surface area contributed by atoms with Crippen molar-refractivity contribution in [2.24, 2.45) is 62.1 Å². The first-order valence-electron chi connectivity index (χ1n) is 18.6. The maximum absolute atomic E-state index is 13.2. The Morgan fingerprint density at radius 3 is 2.26 bits per heavy atom. The van der Waals surface area contributed by atoms with E-state index in [1.165, 1.54) is 63.4 Å². The number of rotatable bonds is 11. The number of carbonyl (C=O) groups excluding carboxylic acids is 1. The SMILES string of the molecule is C=C(C)C1CC[C@]2(CCNCOC)CC[C@]3(C)[C@H](CCC4[C@@]5(C)CCC(OC(=O)CC(C)(C)CC(=O)O)C(C)(C)C5CC[C@]43C)C12. The van der Waals surface area contributed by atoms with Crippen LogP contribution in [0, 0.1) is 62.1 Å². The summed E-state index contributed by atoms with van der Waals surface area (Å²) in [7, 11) is 1.77. The van der Waals surface area contributed by atoms with Gasteiger partial charge in [-0.25, -0.2) is 0 Å². The van der Waals surface area contributed by atoms with E-state index in [4.69, 9.17) is 9.47 Å². The first kappa shape index (κ1) is 35.9. The number of carbonyl (C=O) groups is 2. The maximum Gasteiger partial charge on any atom is 0.306 e. The topological polar surface area (TPSA) is 84.9 Å². The molecule has 0 radical (unpaired) electrons. The molecule has 0 heterocycles. The molecule has 5 aliphatic rings. The molecule has 0 aromatic rings. The molecule has 5 unspecified atom stereocenters. The summed E-state index contributed by atoms with van der Waals surface area (Å²) in [4.78, 5) is 24.5. The first-order chi connectivity index (χ1) is 21.4. The predicted octanol–water partition coefficient (Wildman–Crippen LogP) is 9.03. The highest BCUT2D eigenvalue weighted by Gasteiger charge is 2.71. The van der Waals surface area contributed by atoms with Crippen LogP contribution >= 0.6 is 0 Å². The molecule has 2 N–H and O–H groups in total. The Hall–Kier alpha value is -1.40. The monoisotopic (exact) mass is 642 g/mol. The van der Waals surface area contributed by atoms with Gasteiger partial charge in [-0.2, -0.15) is 0 Å². The van der Waals surface area contributed by atoms with Gasteiger partial charge in [-0.05, 0) is 141 Å². The van der Waals surface area contributed by atoms with Crippen LogP contribution in [-0.2, 0) is 19.1 Å². The van der Waals surface area contributed by atoms with E-state index in [-0.39, 0.29) is 35.7 Å². The highest BCUT2D eigenvalue weighted by Crippen LogP contribution is 2.78. The van der Waals surface area contributed by atoms with Gasteiger partial charge in [0.1, 0.15) is 6.10 Å². The number of esters is 1. The van der Waals surface area contributed by atoms with E-state index in [2.05, 4.69) is 53.4 Å². The number of carboxylic acids is 1. The van der Waals surface area contributed by atoms with Crippen LogP contribution in [0.2, 0.25) is 0 Å². The number of allylic oxidation sites excluding steroid dienone is 1. The third-order valence-corrected chi connectivity index (χ3v) is 15.8. The number of ether oxygens (including phenoxy) is 2. The molecule has 5 aliphatic carbocycles. The Bertz CT molecular complexity index is 1180. The molecule has 0 aromatic heterocycles. The van der Waals surface area contributed by atoms with Crippen molar-refractivity contribution in [3.05, 3.63) is 12.2 Å². The van der Waals surface area contributed by atoms with Crippen LogP contribution in [0.1, 0.15) is 139 Å². The molecule has 5 rings (SSSR count). The van der Waals surface area contributed by atoms with Crippen molar-refractivity contribution < 1.29 is 24.2 Å². The third-order valence-electron chi connectivity index (χ3n) is 15.8. The average molecular weight is 642 g/mol. The third kappa shape index (κ3) is 5.81. The Kier molecular flexibility index (Phi) is 9.74. The molecular formula is C40H67NO5. The second kappa shape index (κ2) is 12.5. The van der Waals surface area contributed by atoms with E-state index >= 15 is 0 Å². The van der Waals surface area contributed by atoms with Crippen molar-refractivity contribution in [1.82, 2.24) is 5.32 Å². The van der Waals surface area contributed by atoms with Crippen molar-refractivity contribution in [3.63, 3.8) is 0 Å². The van der Waals surface area contributed by atoms with Gasteiger partial charge in [-0.1, -0.05) is 60.6 Å². The lowest BCUT2D eigenvalue weighted by atomic mass is 9.32. The predicted molar refractivity (Wildman–Crippen MR) is 184 cm³/mol. The second-order valence-corrected chi connectivity index (χ2v) is 19.0. The van der Waals surface area contributed by atoms with E-state index < -0.39 is 11.4 Å². The highest BCUT2D eigenvalue weighted by molar-refractivity contribution is 5.73. The summed E-state index contributed by atoms with van der Waals surface area (Å²) in [5.41, 5.74) is 1.93. The fourth-order valence-electron chi connectivity index (χ4n) is 13.5. The van der Waals surface area contributed by atoms with Crippen LogP contribution in [0.15, 0.2) is 12.2 Å². The summed E-state index contributed by atoms with van der Waals surface area (Å²) in [6, 6.07) is 0. The van der Waals surface area contributed by atoms with Crippen molar-refractivity contribution in [3.8, 4) is 0 Å². The van der Waals surface area contributed by atoms with Crippen LogP contribution in [0.5, 0.6) is 0 Å². The molecule has 0 bridgehead atoms. The molecule has 0 aliphatic heterocycles. The number of carboxylic acid groups (broad SMARTS) is 1. The van der Waals surface area contributed by atoms with E-state index in [0.29, 0.717) is 40.7 Å². The van der Waals surface area contributed by atoms with Crippen molar-refractivity contribution in [2.75, 3.05) is 20.4 Å². The molecule has 46 heavy (non-hydrogen) atoms. The normalized spacial score (nSPS) is 43.1. The Morgan fingerprint density at radius 1 is 0.891 bits per heavy atom. The second-order valence-electron chi connectivity index (χ2n) is 19.0. The van der Waals surface area contributed by atoms with Gasteiger partial charge < -0.3 is 14.6 Å². The molecule has 0 saturated heterocycles. The summed E-state index contributed by atoms with van der Waals surface area (Å²) in [5.74, 6) is 2.18. The lowest BCUT2D eigenvalue weighted by Gasteiger charge is -2.73. The Balaban J connectivity index is 1.37. The smallest absolute Gasteiger partial charge is 0.306 e. The lowest BCUT2D eigenvalue weighted by Crippen LogP contribution is -2.66. The van der Waals surface area contributed by atoms with Gasteiger partial charge >= 0.3 is 11.9 Å². The summed E-state index contributed by atoms with van der Waals surface area (Å²) >= 11 is 0. The molecule has 5 fully saturated rings. The van der Waals surface area contributed by atoms with Gasteiger partial charge in [0.15, 0.2) is 0 Å². The van der Waals surface area contributed by atoms with Gasteiger partial charge in [0.25, 0.3) is 0 Å². The zero-order chi connectivity index (χ0) is 33.9. The molecule has 6 nitrogen and oxygen atoms in total.